The van der Waals surface area contributed by atoms with Crippen molar-refractivity contribution in [3.8, 4) is 0 Å². The molecule has 2 aromatic carbocycles. The van der Waals surface area contributed by atoms with Crippen LogP contribution in [-0.2, 0) is 17.9 Å². The minimum absolute atomic E-state index is 0.126. The lowest BCUT2D eigenvalue weighted by Gasteiger charge is -2.27. The van der Waals surface area contributed by atoms with Crippen LogP contribution in [-0.4, -0.2) is 37.4 Å². The average molecular weight is 421 g/mol. The summed E-state index contributed by atoms with van der Waals surface area (Å²) in [7, 11) is 0. The molecule has 0 atom stereocenters. The predicted molar refractivity (Wildman–Crippen MR) is 120 cm³/mol. The summed E-state index contributed by atoms with van der Waals surface area (Å²) in [4.78, 5) is 15.0. The first-order valence-corrected chi connectivity index (χ1v) is 11.5. The molecule has 5 nitrogen and oxygen atoms in total. The first-order valence-electron chi connectivity index (χ1n) is 10.5. The van der Waals surface area contributed by atoms with E-state index in [0.29, 0.717) is 18.2 Å². The molecule has 1 saturated carbocycles. The molecule has 0 aliphatic heterocycles. The highest BCUT2D eigenvalue weighted by Crippen LogP contribution is 2.40. The summed E-state index contributed by atoms with van der Waals surface area (Å²) in [6.45, 7) is 5.50. The number of aromatic nitrogens is 3. The molecule has 0 bridgehead atoms. The van der Waals surface area contributed by atoms with Gasteiger partial charge in [0.2, 0.25) is 5.91 Å². The fourth-order valence-electron chi connectivity index (χ4n) is 3.51. The molecule has 1 fully saturated rings. The summed E-state index contributed by atoms with van der Waals surface area (Å²) in [5.41, 5.74) is 2.37. The molecule has 1 aromatic heterocycles. The Kier molecular flexibility index (Phi) is 6.53. The number of benzene rings is 2. The number of thioether (sulfide) groups is 1. The molecule has 0 unspecified atom stereocenters. The van der Waals surface area contributed by atoms with Crippen molar-refractivity contribution in [3.63, 3.8) is 0 Å². The maximum Gasteiger partial charge on any atom is 0.233 e. The van der Waals surface area contributed by atoms with Gasteiger partial charge in [-0.3, -0.25) is 4.79 Å². The summed E-state index contributed by atoms with van der Waals surface area (Å²) < 4.78 is 2.20. The van der Waals surface area contributed by atoms with Gasteiger partial charge in [-0.1, -0.05) is 72.4 Å². The summed E-state index contributed by atoms with van der Waals surface area (Å²) in [5.74, 6) is 2.05. The maximum atomic E-state index is 13.0. The number of nitrogens with zero attached hydrogens (tertiary/aromatic N) is 4. The van der Waals surface area contributed by atoms with Crippen LogP contribution in [0.1, 0.15) is 49.6 Å². The second kappa shape index (κ2) is 9.47. The van der Waals surface area contributed by atoms with E-state index in [1.54, 1.807) is 0 Å². The molecular weight excluding hydrogens is 392 g/mol. The third-order valence-electron chi connectivity index (χ3n) is 5.34. The molecule has 0 N–H and O–H groups in total. The van der Waals surface area contributed by atoms with E-state index >= 15 is 0 Å². The van der Waals surface area contributed by atoms with Gasteiger partial charge in [-0.15, -0.1) is 10.2 Å². The molecule has 1 aliphatic rings. The van der Waals surface area contributed by atoms with Crippen LogP contribution in [0.5, 0.6) is 0 Å². The molecule has 0 radical (unpaired) electrons. The zero-order valence-electron chi connectivity index (χ0n) is 17.6. The molecular formula is C24H28N4OS. The second-order valence-electron chi connectivity index (χ2n) is 8.08. The van der Waals surface area contributed by atoms with Crippen molar-refractivity contribution in [3.05, 3.63) is 77.6 Å². The highest BCUT2D eigenvalue weighted by atomic mass is 32.2. The van der Waals surface area contributed by atoms with Gasteiger partial charge in [-0.2, -0.15) is 0 Å². The van der Waals surface area contributed by atoms with Gasteiger partial charge < -0.3 is 9.47 Å². The zero-order valence-corrected chi connectivity index (χ0v) is 18.4. The van der Waals surface area contributed by atoms with Crippen LogP contribution in [0.2, 0.25) is 0 Å². The molecule has 4 rings (SSSR count). The van der Waals surface area contributed by atoms with Gasteiger partial charge in [0.15, 0.2) is 5.16 Å². The Bertz CT molecular complexity index is 967. The van der Waals surface area contributed by atoms with Crippen LogP contribution in [0.4, 0.5) is 0 Å². The van der Waals surface area contributed by atoms with Crippen molar-refractivity contribution in [2.75, 3.05) is 5.75 Å². The lowest BCUT2D eigenvalue weighted by molar-refractivity contribution is -0.130. The Morgan fingerprint density at radius 3 is 2.27 bits per heavy atom. The standard InChI is InChI=1S/C24H28N4OS/c1-18(2)27(15-19-9-5-3-6-10-19)22(29)17-30-24-26-25-23(21-13-14-21)28(24)16-20-11-7-4-8-12-20/h3-12,18,21H,13-17H2,1-2H3. The normalized spacial score (nSPS) is 13.6. The van der Waals surface area contributed by atoms with Gasteiger partial charge in [0.1, 0.15) is 5.82 Å². The van der Waals surface area contributed by atoms with Crippen molar-refractivity contribution in [1.29, 1.82) is 0 Å². The van der Waals surface area contributed by atoms with Crippen LogP contribution >= 0.6 is 11.8 Å². The summed E-state index contributed by atoms with van der Waals surface area (Å²) in [5, 5.41) is 9.74. The molecule has 30 heavy (non-hydrogen) atoms. The average Bonchev–Trinajstić information content (AvgIpc) is 3.53. The maximum absolute atomic E-state index is 13.0. The summed E-state index contributed by atoms with van der Waals surface area (Å²) in [6.07, 6.45) is 2.35. The fourth-order valence-corrected chi connectivity index (χ4v) is 4.34. The van der Waals surface area contributed by atoms with E-state index in [9.17, 15) is 4.79 Å². The van der Waals surface area contributed by atoms with Crippen LogP contribution < -0.4 is 0 Å². The monoisotopic (exact) mass is 420 g/mol. The predicted octanol–water partition coefficient (Wildman–Crippen LogP) is 4.73. The molecule has 3 aromatic rings. The third-order valence-corrected chi connectivity index (χ3v) is 6.29. The van der Waals surface area contributed by atoms with Crippen LogP contribution in [0.15, 0.2) is 65.8 Å². The first-order chi connectivity index (χ1) is 14.6. The summed E-state index contributed by atoms with van der Waals surface area (Å²) in [6, 6.07) is 20.7. The molecule has 1 aliphatic carbocycles. The van der Waals surface area contributed by atoms with Gasteiger partial charge >= 0.3 is 0 Å². The van der Waals surface area contributed by atoms with Crippen molar-refractivity contribution >= 4 is 17.7 Å². The second-order valence-corrected chi connectivity index (χ2v) is 9.02. The highest BCUT2D eigenvalue weighted by Gasteiger charge is 2.30. The van der Waals surface area contributed by atoms with Gasteiger partial charge in [-0.05, 0) is 37.8 Å². The molecule has 1 heterocycles. The van der Waals surface area contributed by atoms with Gasteiger partial charge in [0.05, 0.1) is 12.3 Å². The Morgan fingerprint density at radius 1 is 1.03 bits per heavy atom. The largest absolute Gasteiger partial charge is 0.335 e. The van der Waals surface area contributed by atoms with Crippen molar-refractivity contribution in [2.24, 2.45) is 0 Å². The van der Waals surface area contributed by atoms with Crippen LogP contribution in [0, 0.1) is 0 Å². The minimum Gasteiger partial charge on any atom is -0.335 e. The number of rotatable bonds is 9. The quantitative estimate of drug-likeness (QED) is 0.470. The topological polar surface area (TPSA) is 51.0 Å². The molecule has 6 heteroatoms. The fraction of sp³-hybridized carbons (Fsp3) is 0.375. The van der Waals surface area contributed by atoms with E-state index in [2.05, 4.69) is 65.0 Å². The van der Waals surface area contributed by atoms with Crippen molar-refractivity contribution in [1.82, 2.24) is 19.7 Å². The van der Waals surface area contributed by atoms with Crippen LogP contribution in [0.3, 0.4) is 0 Å². The Balaban J connectivity index is 1.46. The van der Waals surface area contributed by atoms with Gasteiger partial charge in [0, 0.05) is 18.5 Å². The van der Waals surface area contributed by atoms with E-state index < -0.39 is 0 Å². The van der Waals surface area contributed by atoms with E-state index in [1.807, 2.05) is 29.2 Å². The first kappa shape index (κ1) is 20.7. The molecule has 156 valence electrons. The highest BCUT2D eigenvalue weighted by molar-refractivity contribution is 7.99. The number of hydrogen-bond acceptors (Lipinski definition) is 4. The Labute approximate surface area is 182 Å². The van der Waals surface area contributed by atoms with Crippen molar-refractivity contribution in [2.45, 2.75) is 56.9 Å². The van der Waals surface area contributed by atoms with Gasteiger partial charge in [-0.25, -0.2) is 0 Å². The van der Waals surface area contributed by atoms with Crippen molar-refractivity contribution < 1.29 is 4.79 Å². The van der Waals surface area contributed by atoms with E-state index in [4.69, 9.17) is 0 Å². The Hall–Kier alpha value is -2.60. The Morgan fingerprint density at radius 2 is 1.67 bits per heavy atom. The summed E-state index contributed by atoms with van der Waals surface area (Å²) >= 11 is 1.49. The lowest BCUT2D eigenvalue weighted by Crippen LogP contribution is -2.37. The van der Waals surface area contributed by atoms with E-state index in [0.717, 1.165) is 23.1 Å². The van der Waals surface area contributed by atoms with E-state index in [1.165, 1.54) is 30.2 Å². The van der Waals surface area contributed by atoms with E-state index in [-0.39, 0.29) is 11.9 Å². The SMILES string of the molecule is CC(C)N(Cc1ccccc1)C(=O)CSc1nnc(C2CC2)n1Cc1ccccc1. The molecule has 0 saturated heterocycles. The third kappa shape index (κ3) is 5.11. The number of carbonyl (C=O) groups excluding carboxylic acids is 1. The minimum atomic E-state index is 0.126. The molecule has 1 amide bonds. The number of hydrogen-bond donors (Lipinski definition) is 0. The lowest BCUT2D eigenvalue weighted by atomic mass is 10.2. The van der Waals surface area contributed by atoms with Crippen LogP contribution in [0.25, 0.3) is 0 Å². The smallest absolute Gasteiger partial charge is 0.233 e. The zero-order chi connectivity index (χ0) is 20.9. The van der Waals surface area contributed by atoms with Gasteiger partial charge in [0.25, 0.3) is 0 Å². The molecule has 0 spiro atoms. The number of carbonyl (C=O) groups is 1. The number of amides is 1.